The minimum atomic E-state index is -0.108. The van der Waals surface area contributed by atoms with E-state index in [4.69, 9.17) is 9.47 Å². The van der Waals surface area contributed by atoms with Crippen molar-refractivity contribution in [2.24, 2.45) is 0 Å². The summed E-state index contributed by atoms with van der Waals surface area (Å²) in [5.74, 6) is 2.33. The Morgan fingerprint density at radius 1 is 1.12 bits per heavy atom. The largest absolute Gasteiger partial charge is 0.494 e. The summed E-state index contributed by atoms with van der Waals surface area (Å²) in [5.41, 5.74) is 3.36. The quantitative estimate of drug-likeness (QED) is 0.361. The number of aromatic nitrogens is 5. The van der Waals surface area contributed by atoms with Crippen molar-refractivity contribution in [2.45, 2.75) is 38.9 Å². The first-order valence-corrected chi connectivity index (χ1v) is 12.1. The predicted octanol–water partition coefficient (Wildman–Crippen LogP) is 3.91. The van der Waals surface area contributed by atoms with Crippen molar-refractivity contribution in [1.29, 1.82) is 0 Å². The molecular formula is C24H26N6O3S. The number of carbonyl (C=O) groups excluding carboxylic acids is 1. The molecule has 10 heteroatoms. The van der Waals surface area contributed by atoms with Crippen LogP contribution in [-0.4, -0.2) is 43.3 Å². The third-order valence-electron chi connectivity index (χ3n) is 5.20. The topological polar surface area (TPSA) is 104 Å². The maximum atomic E-state index is 12.7. The number of hydrogen-bond donors (Lipinski definition) is 1. The van der Waals surface area contributed by atoms with Crippen LogP contribution in [0.1, 0.15) is 29.4 Å². The summed E-state index contributed by atoms with van der Waals surface area (Å²) < 4.78 is 13.0. The smallest absolute Gasteiger partial charge is 0.253 e. The van der Waals surface area contributed by atoms with E-state index in [0.717, 1.165) is 28.3 Å². The fourth-order valence-electron chi connectivity index (χ4n) is 3.46. The van der Waals surface area contributed by atoms with Gasteiger partial charge in [-0.25, -0.2) is 14.5 Å². The van der Waals surface area contributed by atoms with Gasteiger partial charge < -0.3 is 14.8 Å². The van der Waals surface area contributed by atoms with E-state index in [2.05, 4.69) is 25.4 Å². The maximum absolute atomic E-state index is 12.7. The van der Waals surface area contributed by atoms with E-state index in [0.29, 0.717) is 35.7 Å². The number of pyridine rings is 1. The highest BCUT2D eigenvalue weighted by Gasteiger charge is 2.16. The van der Waals surface area contributed by atoms with Crippen molar-refractivity contribution in [3.63, 3.8) is 0 Å². The molecule has 1 N–H and O–H groups in total. The number of rotatable bonds is 9. The molecule has 0 fully saturated rings. The number of nitrogens with one attached hydrogen (secondary N) is 1. The van der Waals surface area contributed by atoms with Crippen LogP contribution >= 0.6 is 11.8 Å². The van der Waals surface area contributed by atoms with Crippen LogP contribution in [0.25, 0.3) is 5.78 Å². The standard InChI is InChI=1S/C24H26N6O3S/c1-5-32-18-6-8-19(9-7-18)33-22-12-17(10-11-25-22)14-26-21(31)13-20-15(2)27-23-28-24(34-4)29-30(23)16(20)3/h6-12H,5,13-14H2,1-4H3,(H,26,31). The van der Waals surface area contributed by atoms with Gasteiger partial charge in [0.2, 0.25) is 16.9 Å². The molecule has 0 aliphatic heterocycles. The average molecular weight is 479 g/mol. The van der Waals surface area contributed by atoms with Crippen molar-refractivity contribution in [1.82, 2.24) is 29.9 Å². The molecule has 0 aliphatic rings. The molecule has 0 radical (unpaired) electrons. The number of amides is 1. The Morgan fingerprint density at radius 2 is 1.88 bits per heavy atom. The molecule has 3 aromatic heterocycles. The highest BCUT2D eigenvalue weighted by molar-refractivity contribution is 7.98. The fourth-order valence-corrected chi connectivity index (χ4v) is 3.80. The molecule has 0 atom stereocenters. The number of benzene rings is 1. The van der Waals surface area contributed by atoms with Crippen molar-refractivity contribution in [3.8, 4) is 17.4 Å². The summed E-state index contributed by atoms with van der Waals surface area (Å²) >= 11 is 1.46. The van der Waals surface area contributed by atoms with Crippen LogP contribution in [-0.2, 0) is 17.8 Å². The van der Waals surface area contributed by atoms with E-state index in [1.165, 1.54) is 11.8 Å². The van der Waals surface area contributed by atoms with Crippen LogP contribution in [0.5, 0.6) is 17.4 Å². The Morgan fingerprint density at radius 3 is 2.62 bits per heavy atom. The van der Waals surface area contributed by atoms with E-state index in [9.17, 15) is 4.79 Å². The number of hydrogen-bond acceptors (Lipinski definition) is 8. The molecule has 176 valence electrons. The zero-order valence-corrected chi connectivity index (χ0v) is 20.3. The second-order valence-corrected chi connectivity index (χ2v) is 8.31. The Kier molecular flexibility index (Phi) is 7.27. The van der Waals surface area contributed by atoms with E-state index in [1.807, 2.05) is 57.4 Å². The molecule has 0 spiro atoms. The van der Waals surface area contributed by atoms with E-state index < -0.39 is 0 Å². The molecule has 0 aliphatic carbocycles. The van der Waals surface area contributed by atoms with Crippen molar-refractivity contribution < 1.29 is 14.3 Å². The van der Waals surface area contributed by atoms with Gasteiger partial charge in [-0.15, -0.1) is 5.10 Å². The SMILES string of the molecule is CCOc1ccc(Oc2cc(CNC(=O)Cc3c(C)nc4nc(SC)nn4c3C)ccn2)cc1. The molecule has 0 bridgehead atoms. The van der Waals surface area contributed by atoms with Crippen molar-refractivity contribution in [2.75, 3.05) is 12.9 Å². The van der Waals surface area contributed by atoms with Crippen molar-refractivity contribution >= 4 is 23.4 Å². The van der Waals surface area contributed by atoms with Crippen LogP contribution in [0.4, 0.5) is 0 Å². The number of thioether (sulfide) groups is 1. The van der Waals surface area contributed by atoms with E-state index in [-0.39, 0.29) is 12.3 Å². The summed E-state index contributed by atoms with van der Waals surface area (Å²) in [5, 5.41) is 8.05. The Labute approximate surface area is 201 Å². The maximum Gasteiger partial charge on any atom is 0.253 e. The van der Waals surface area contributed by atoms with Crippen LogP contribution in [0.2, 0.25) is 0 Å². The van der Waals surface area contributed by atoms with E-state index in [1.54, 1.807) is 16.8 Å². The third-order valence-corrected chi connectivity index (χ3v) is 5.73. The van der Waals surface area contributed by atoms with Gasteiger partial charge in [-0.2, -0.15) is 4.98 Å². The second-order valence-electron chi connectivity index (χ2n) is 7.53. The van der Waals surface area contributed by atoms with Crippen LogP contribution in [0.3, 0.4) is 0 Å². The van der Waals surface area contributed by atoms with Gasteiger partial charge in [-0.1, -0.05) is 11.8 Å². The lowest BCUT2D eigenvalue weighted by molar-refractivity contribution is -0.120. The lowest BCUT2D eigenvalue weighted by atomic mass is 10.1. The van der Waals surface area contributed by atoms with Gasteiger partial charge in [-0.3, -0.25) is 4.79 Å². The molecule has 1 aromatic carbocycles. The van der Waals surface area contributed by atoms with Crippen LogP contribution in [0.15, 0.2) is 47.8 Å². The summed E-state index contributed by atoms with van der Waals surface area (Å²) in [4.78, 5) is 25.8. The number of ether oxygens (including phenoxy) is 2. The molecule has 1 amide bonds. The second kappa shape index (κ2) is 10.5. The normalized spacial score (nSPS) is 10.9. The van der Waals surface area contributed by atoms with E-state index >= 15 is 0 Å². The minimum absolute atomic E-state index is 0.108. The molecular weight excluding hydrogens is 452 g/mol. The molecule has 3 heterocycles. The fraction of sp³-hybridized carbons (Fsp3) is 0.292. The van der Waals surface area contributed by atoms with Gasteiger partial charge in [0.25, 0.3) is 5.78 Å². The third kappa shape index (κ3) is 5.45. The molecule has 0 unspecified atom stereocenters. The molecule has 34 heavy (non-hydrogen) atoms. The van der Waals surface area contributed by atoms with Crippen molar-refractivity contribution in [3.05, 3.63) is 65.1 Å². The van der Waals surface area contributed by atoms with Gasteiger partial charge >= 0.3 is 0 Å². The first-order chi connectivity index (χ1) is 16.5. The highest BCUT2D eigenvalue weighted by atomic mass is 32.2. The van der Waals surface area contributed by atoms with Gasteiger partial charge in [0.05, 0.1) is 13.0 Å². The predicted molar refractivity (Wildman–Crippen MR) is 130 cm³/mol. The van der Waals surface area contributed by atoms with Gasteiger partial charge in [0.15, 0.2) is 0 Å². The number of fused-ring (bicyclic) bond motifs is 1. The molecule has 9 nitrogen and oxygen atoms in total. The zero-order chi connectivity index (χ0) is 24.1. The molecule has 0 saturated heterocycles. The minimum Gasteiger partial charge on any atom is -0.494 e. The summed E-state index contributed by atoms with van der Waals surface area (Å²) in [6.07, 6.45) is 3.78. The van der Waals surface area contributed by atoms with Gasteiger partial charge in [0, 0.05) is 35.8 Å². The Hall–Kier alpha value is -3.66. The summed E-state index contributed by atoms with van der Waals surface area (Å²) in [7, 11) is 0. The summed E-state index contributed by atoms with van der Waals surface area (Å²) in [6.45, 7) is 6.72. The number of carbonyl (C=O) groups is 1. The van der Waals surface area contributed by atoms with Gasteiger partial charge in [-0.05, 0) is 62.9 Å². The monoisotopic (exact) mass is 478 g/mol. The van der Waals surface area contributed by atoms with Crippen LogP contribution < -0.4 is 14.8 Å². The number of aryl methyl sites for hydroxylation is 2. The lowest BCUT2D eigenvalue weighted by Crippen LogP contribution is -2.26. The average Bonchev–Trinajstić information content (AvgIpc) is 3.25. The molecule has 4 rings (SSSR count). The molecule has 0 saturated carbocycles. The molecule has 4 aromatic rings. The van der Waals surface area contributed by atoms with Gasteiger partial charge in [0.1, 0.15) is 11.5 Å². The Balaban J connectivity index is 1.39. The first kappa shape index (κ1) is 23.5. The Bertz CT molecular complexity index is 1310. The van der Waals surface area contributed by atoms with Crippen LogP contribution in [0, 0.1) is 13.8 Å². The first-order valence-electron chi connectivity index (χ1n) is 10.9. The summed E-state index contributed by atoms with van der Waals surface area (Å²) in [6, 6.07) is 11.0. The highest BCUT2D eigenvalue weighted by Crippen LogP contribution is 2.23. The lowest BCUT2D eigenvalue weighted by Gasteiger charge is -2.11. The zero-order valence-electron chi connectivity index (χ0n) is 19.5. The number of nitrogens with zero attached hydrogens (tertiary/aromatic N) is 5.